The molecule has 1 aromatic rings. The van der Waals surface area contributed by atoms with Crippen molar-refractivity contribution in [3.05, 3.63) is 47.7 Å². The van der Waals surface area contributed by atoms with Crippen LogP contribution in [0.2, 0.25) is 0 Å². The molecule has 4 N–H and O–H groups in total. The third-order valence-electron chi connectivity index (χ3n) is 1.90. The summed E-state index contributed by atoms with van der Waals surface area (Å²) >= 11 is 0. The van der Waals surface area contributed by atoms with E-state index >= 15 is 0 Å². The summed E-state index contributed by atoms with van der Waals surface area (Å²) in [6.45, 7) is 4.00. The third kappa shape index (κ3) is 4.48. The predicted molar refractivity (Wildman–Crippen MR) is 73.2 cm³/mol. The van der Waals surface area contributed by atoms with Gasteiger partial charge in [0.05, 0.1) is 11.3 Å². The van der Waals surface area contributed by atoms with Crippen LogP contribution in [0.25, 0.3) is 5.70 Å². The molecule has 0 saturated carbocycles. The first-order valence-corrected chi connectivity index (χ1v) is 5.33. The second kappa shape index (κ2) is 8.06. The molecule has 0 aliphatic carbocycles. The molecule has 1 aromatic carbocycles. The molecule has 0 spiro atoms. The van der Waals surface area contributed by atoms with Gasteiger partial charge in [-0.1, -0.05) is 43.6 Å². The molecule has 4 heteroatoms. The monoisotopic (exact) mass is 225 g/mol. The van der Waals surface area contributed by atoms with E-state index in [0.717, 1.165) is 5.56 Å². The molecule has 0 atom stereocenters. The summed E-state index contributed by atoms with van der Waals surface area (Å²) in [5.41, 5.74) is 13.1. The zero-order chi connectivity index (χ0) is 13.3. The van der Waals surface area contributed by atoms with Gasteiger partial charge in [0, 0.05) is 0 Å². The first kappa shape index (κ1) is 14.9. The molecule has 0 unspecified atom stereocenters. The van der Waals surface area contributed by atoms with Crippen LogP contribution >= 0.6 is 0 Å². The fourth-order valence-corrected chi connectivity index (χ4v) is 1.10. The van der Waals surface area contributed by atoms with Crippen molar-refractivity contribution >= 4 is 19.0 Å². The van der Waals surface area contributed by atoms with Gasteiger partial charge in [0.2, 0.25) is 0 Å². The van der Waals surface area contributed by atoms with Gasteiger partial charge in [0.1, 0.15) is 13.9 Å². The highest BCUT2D eigenvalue weighted by Crippen LogP contribution is 2.12. The molecule has 17 heavy (non-hydrogen) atoms. The molecule has 0 aliphatic heterocycles. The number of allylic oxidation sites excluding steroid dienone is 2. The van der Waals surface area contributed by atoms with Gasteiger partial charge in [-0.15, -0.1) is 0 Å². The largest absolute Gasteiger partial charge is 0.405 e. The Morgan fingerprint density at radius 3 is 2.24 bits per heavy atom. The second-order valence-electron chi connectivity index (χ2n) is 2.92. The Bertz CT molecular complexity index is 439. The Hall–Kier alpha value is -2.15. The SMILES string of the molecule is CC.[B]c1ccc(/C(N)=C(C#N)/C=C\N)cc1. The summed E-state index contributed by atoms with van der Waals surface area (Å²) in [6.07, 6.45) is 2.74. The molecule has 0 amide bonds. The summed E-state index contributed by atoms with van der Waals surface area (Å²) in [5.74, 6) is 0. The summed E-state index contributed by atoms with van der Waals surface area (Å²) in [5, 5.41) is 8.82. The lowest BCUT2D eigenvalue weighted by Crippen LogP contribution is -2.04. The van der Waals surface area contributed by atoms with Gasteiger partial charge in [-0.3, -0.25) is 0 Å². The minimum absolute atomic E-state index is 0.335. The number of nitrogens with zero attached hydrogens (tertiary/aromatic N) is 1. The maximum absolute atomic E-state index is 8.82. The maximum atomic E-state index is 8.82. The van der Waals surface area contributed by atoms with Crippen molar-refractivity contribution in [3.63, 3.8) is 0 Å². The average molecular weight is 225 g/mol. The number of nitrogens with two attached hydrogens (primary N) is 2. The molecule has 0 aliphatic rings. The van der Waals surface area contributed by atoms with Crippen molar-refractivity contribution in [2.45, 2.75) is 13.8 Å². The molecule has 0 fully saturated rings. The van der Waals surface area contributed by atoms with Crippen LogP contribution in [-0.2, 0) is 0 Å². The lowest BCUT2D eigenvalue weighted by molar-refractivity contribution is 1.44. The second-order valence-corrected chi connectivity index (χ2v) is 2.92. The van der Waals surface area contributed by atoms with Crippen molar-refractivity contribution in [3.8, 4) is 6.07 Å². The summed E-state index contributed by atoms with van der Waals surface area (Å²) in [7, 11) is 5.54. The summed E-state index contributed by atoms with van der Waals surface area (Å²) in [6, 6.07) is 8.94. The third-order valence-corrected chi connectivity index (χ3v) is 1.90. The number of nitriles is 1. The van der Waals surface area contributed by atoms with Crippen LogP contribution in [0.1, 0.15) is 19.4 Å². The number of rotatable bonds is 2. The molecule has 86 valence electrons. The van der Waals surface area contributed by atoms with Crippen LogP contribution < -0.4 is 16.9 Å². The maximum Gasteiger partial charge on any atom is 0.113 e. The van der Waals surface area contributed by atoms with Gasteiger partial charge in [-0.25, -0.2) is 0 Å². The highest BCUT2D eigenvalue weighted by Gasteiger charge is 2.01. The lowest BCUT2D eigenvalue weighted by atomic mass is 9.94. The first-order chi connectivity index (χ1) is 8.19. The van der Waals surface area contributed by atoms with Gasteiger partial charge >= 0.3 is 0 Å². The minimum atomic E-state index is 0.335. The molecular weight excluding hydrogens is 209 g/mol. The highest BCUT2D eigenvalue weighted by atomic mass is 14.6. The van der Waals surface area contributed by atoms with Crippen LogP contribution in [0.3, 0.4) is 0 Å². The molecule has 0 heterocycles. The molecule has 2 radical (unpaired) electrons. The van der Waals surface area contributed by atoms with Crippen molar-refractivity contribution < 1.29 is 0 Å². The van der Waals surface area contributed by atoms with E-state index in [0.29, 0.717) is 16.7 Å². The van der Waals surface area contributed by atoms with Crippen LogP contribution in [-0.4, -0.2) is 7.85 Å². The number of hydrogen-bond acceptors (Lipinski definition) is 3. The molecule has 3 nitrogen and oxygen atoms in total. The molecule has 1 rings (SSSR count). The Labute approximate surface area is 104 Å². The van der Waals surface area contributed by atoms with Crippen molar-refractivity contribution in [1.29, 1.82) is 5.26 Å². The van der Waals surface area contributed by atoms with Gasteiger partial charge in [0.15, 0.2) is 0 Å². The predicted octanol–water partition coefficient (Wildman–Crippen LogP) is 1.17. The highest BCUT2D eigenvalue weighted by molar-refractivity contribution is 6.32. The van der Waals surface area contributed by atoms with E-state index in [-0.39, 0.29) is 0 Å². The number of hydrogen-bond donors (Lipinski definition) is 2. The fraction of sp³-hybridized carbons (Fsp3) is 0.154. The smallest absolute Gasteiger partial charge is 0.113 e. The molecule has 0 aromatic heterocycles. The van der Waals surface area contributed by atoms with E-state index in [1.165, 1.54) is 12.3 Å². The van der Waals surface area contributed by atoms with Crippen molar-refractivity contribution in [1.82, 2.24) is 0 Å². The average Bonchev–Trinajstić information content (AvgIpc) is 2.38. The minimum Gasteiger partial charge on any atom is -0.405 e. The zero-order valence-corrected chi connectivity index (χ0v) is 10.1. The van der Waals surface area contributed by atoms with Crippen molar-refractivity contribution in [2.24, 2.45) is 11.5 Å². The van der Waals surface area contributed by atoms with E-state index in [1.807, 2.05) is 19.9 Å². The van der Waals surface area contributed by atoms with Gasteiger partial charge in [-0.2, -0.15) is 5.26 Å². The Balaban J connectivity index is 0.00000121. The Kier molecular flexibility index (Phi) is 7.04. The molecular formula is C13H16BN3. The van der Waals surface area contributed by atoms with Crippen LogP contribution in [0.15, 0.2) is 42.1 Å². The topological polar surface area (TPSA) is 75.8 Å². The molecule has 0 saturated heterocycles. The zero-order valence-electron chi connectivity index (χ0n) is 10.1. The Morgan fingerprint density at radius 2 is 1.82 bits per heavy atom. The van der Waals surface area contributed by atoms with Gasteiger partial charge in [0.25, 0.3) is 0 Å². The fourth-order valence-electron chi connectivity index (χ4n) is 1.10. The normalized spacial score (nSPS) is 11.1. The summed E-state index contributed by atoms with van der Waals surface area (Å²) in [4.78, 5) is 0. The van der Waals surface area contributed by atoms with Crippen LogP contribution in [0.5, 0.6) is 0 Å². The standard InChI is InChI=1S/C11H10BN3.C2H6/c12-10-3-1-8(2-4-10)11(15)9(7-14)5-6-13;1-2/h1-6H,13,15H2;1-2H3/b6-5-,11-9+;. The van der Waals surface area contributed by atoms with E-state index in [1.54, 1.807) is 24.3 Å². The van der Waals surface area contributed by atoms with Crippen molar-refractivity contribution in [2.75, 3.05) is 0 Å². The van der Waals surface area contributed by atoms with Gasteiger partial charge < -0.3 is 11.5 Å². The quantitative estimate of drug-likeness (QED) is 0.450. The first-order valence-electron chi connectivity index (χ1n) is 5.33. The van der Waals surface area contributed by atoms with E-state index in [2.05, 4.69) is 0 Å². The van der Waals surface area contributed by atoms with E-state index in [9.17, 15) is 0 Å². The van der Waals surface area contributed by atoms with E-state index < -0.39 is 0 Å². The van der Waals surface area contributed by atoms with Gasteiger partial charge in [-0.05, 0) is 17.8 Å². The van der Waals surface area contributed by atoms with Crippen LogP contribution in [0, 0.1) is 11.3 Å². The van der Waals surface area contributed by atoms with Crippen LogP contribution in [0.4, 0.5) is 0 Å². The molecule has 0 bridgehead atoms. The summed E-state index contributed by atoms with van der Waals surface area (Å²) < 4.78 is 0. The van der Waals surface area contributed by atoms with E-state index in [4.69, 9.17) is 24.6 Å². The number of benzene rings is 1. The Morgan fingerprint density at radius 1 is 1.29 bits per heavy atom. The lowest BCUT2D eigenvalue weighted by Gasteiger charge is -2.03.